The molecule has 2 aromatic carbocycles. The topological polar surface area (TPSA) is 78.5 Å². The summed E-state index contributed by atoms with van der Waals surface area (Å²) >= 11 is 0. The number of carbonyl (C=O) groups is 1. The summed E-state index contributed by atoms with van der Waals surface area (Å²) in [6.07, 6.45) is 0.645. The summed E-state index contributed by atoms with van der Waals surface area (Å²) in [7, 11) is 0. The van der Waals surface area contributed by atoms with E-state index in [0.717, 1.165) is 16.8 Å². The molecule has 3 aromatic rings. The highest BCUT2D eigenvalue weighted by Crippen LogP contribution is 2.32. The Balaban J connectivity index is 1.41. The lowest BCUT2D eigenvalue weighted by Gasteiger charge is -2.28. The number of hydrogen-bond acceptors (Lipinski definition) is 4. The second-order valence-electron chi connectivity index (χ2n) is 7.84. The summed E-state index contributed by atoms with van der Waals surface area (Å²) in [5.74, 6) is 0.546. The molecule has 0 radical (unpaired) electrons. The van der Waals surface area contributed by atoms with Gasteiger partial charge in [0.1, 0.15) is 6.61 Å². The van der Waals surface area contributed by atoms with Gasteiger partial charge in [0.2, 0.25) is 11.8 Å². The molecule has 6 heteroatoms. The number of aromatic nitrogens is 1. The Labute approximate surface area is 169 Å². The van der Waals surface area contributed by atoms with Crippen LogP contribution in [0.1, 0.15) is 36.7 Å². The van der Waals surface area contributed by atoms with Gasteiger partial charge in [-0.1, -0.05) is 30.3 Å². The maximum absolute atomic E-state index is 13.1. The Kier molecular flexibility index (Phi) is 4.36. The first-order valence-corrected chi connectivity index (χ1v) is 10.1. The molecule has 1 amide bonds. The van der Waals surface area contributed by atoms with Gasteiger partial charge in [0.25, 0.3) is 0 Å². The number of hydrogen-bond donors (Lipinski definition) is 3. The summed E-state index contributed by atoms with van der Waals surface area (Å²) in [5, 5.41) is 7.73. The third-order valence-corrected chi connectivity index (χ3v) is 5.67. The fraction of sp³-hybridized carbons (Fsp3) is 0.304. The number of anilines is 1. The number of carbonyl (C=O) groups excluding carboxylic acids is 1. The quantitative estimate of drug-likeness (QED) is 0.642. The minimum absolute atomic E-state index is 0.0492. The number of nitrogens with zero attached hydrogens (tertiary/aromatic N) is 1. The van der Waals surface area contributed by atoms with E-state index in [9.17, 15) is 4.79 Å². The fourth-order valence-electron chi connectivity index (χ4n) is 4.25. The second-order valence-corrected chi connectivity index (χ2v) is 7.84. The Morgan fingerprint density at radius 2 is 1.93 bits per heavy atom. The average Bonchev–Trinajstić information content (AvgIpc) is 3.32. The van der Waals surface area contributed by atoms with Crippen molar-refractivity contribution in [1.29, 1.82) is 0 Å². The molecule has 5 rings (SSSR count). The van der Waals surface area contributed by atoms with Crippen molar-refractivity contribution < 1.29 is 9.53 Å². The number of ether oxygens (including phenoxy) is 1. The molecule has 3 heterocycles. The summed E-state index contributed by atoms with van der Waals surface area (Å²) in [6.45, 7) is 4.67. The van der Waals surface area contributed by atoms with Crippen molar-refractivity contribution in [2.75, 3.05) is 11.9 Å². The molecule has 6 nitrogen and oxygen atoms in total. The summed E-state index contributed by atoms with van der Waals surface area (Å²) < 4.78 is 5.70. The minimum Gasteiger partial charge on any atom is -0.475 e. The SMILES string of the molecule is C[C@@H]1N[C@H](C(=O)Nc2ccccc2C2=N[C@@H](C)CO2)Cc2c1[nH]c1ccccc21. The molecule has 3 atom stereocenters. The van der Waals surface area contributed by atoms with Gasteiger partial charge in [-0.15, -0.1) is 0 Å². The van der Waals surface area contributed by atoms with Crippen LogP contribution < -0.4 is 10.6 Å². The molecule has 0 fully saturated rings. The van der Waals surface area contributed by atoms with Crippen molar-refractivity contribution in [2.45, 2.75) is 38.4 Å². The van der Waals surface area contributed by atoms with Crippen LogP contribution in [0.4, 0.5) is 5.69 Å². The molecule has 148 valence electrons. The van der Waals surface area contributed by atoms with Gasteiger partial charge in [0.05, 0.1) is 23.3 Å². The molecule has 0 bridgehead atoms. The predicted octanol–water partition coefficient (Wildman–Crippen LogP) is 3.55. The van der Waals surface area contributed by atoms with E-state index in [0.29, 0.717) is 18.9 Å². The molecular formula is C23H24N4O2. The van der Waals surface area contributed by atoms with E-state index >= 15 is 0 Å². The van der Waals surface area contributed by atoms with Crippen molar-refractivity contribution in [3.63, 3.8) is 0 Å². The molecule has 29 heavy (non-hydrogen) atoms. The molecule has 0 saturated heterocycles. The van der Waals surface area contributed by atoms with Crippen LogP contribution in [-0.2, 0) is 16.0 Å². The maximum Gasteiger partial charge on any atom is 0.241 e. The van der Waals surface area contributed by atoms with Gasteiger partial charge in [-0.2, -0.15) is 0 Å². The van der Waals surface area contributed by atoms with E-state index in [-0.39, 0.29) is 24.0 Å². The van der Waals surface area contributed by atoms with Gasteiger partial charge in [-0.3, -0.25) is 10.1 Å². The Hall–Kier alpha value is -3.12. The molecule has 2 aliphatic rings. The van der Waals surface area contributed by atoms with E-state index in [1.807, 2.05) is 43.3 Å². The van der Waals surface area contributed by atoms with E-state index in [4.69, 9.17) is 4.74 Å². The summed E-state index contributed by atoms with van der Waals surface area (Å²) in [4.78, 5) is 21.2. The van der Waals surface area contributed by atoms with Crippen molar-refractivity contribution in [2.24, 2.45) is 4.99 Å². The number of rotatable bonds is 3. The molecule has 0 aliphatic carbocycles. The van der Waals surface area contributed by atoms with Gasteiger partial charge < -0.3 is 15.0 Å². The van der Waals surface area contributed by atoms with Crippen LogP contribution in [0.2, 0.25) is 0 Å². The third-order valence-electron chi connectivity index (χ3n) is 5.67. The first-order valence-electron chi connectivity index (χ1n) is 10.1. The Morgan fingerprint density at radius 1 is 1.14 bits per heavy atom. The standard InChI is InChI=1S/C23H24N4O2/c1-13-12-29-23(24-13)16-8-4-6-10-19(16)27-22(28)20-11-17-15-7-3-5-9-18(15)26-21(17)14(2)25-20/h3-10,13-14,20,25-26H,11-12H2,1-2H3,(H,27,28)/t13-,14-,20-/m0/s1. The van der Waals surface area contributed by atoms with Gasteiger partial charge in [0, 0.05) is 22.6 Å². The highest BCUT2D eigenvalue weighted by atomic mass is 16.5. The van der Waals surface area contributed by atoms with Crippen LogP contribution in [0.25, 0.3) is 10.9 Å². The number of aromatic amines is 1. The van der Waals surface area contributed by atoms with Crippen LogP contribution in [0.3, 0.4) is 0 Å². The summed E-state index contributed by atoms with van der Waals surface area (Å²) in [6, 6.07) is 15.8. The molecule has 0 spiro atoms. The predicted molar refractivity (Wildman–Crippen MR) is 114 cm³/mol. The van der Waals surface area contributed by atoms with Gasteiger partial charge >= 0.3 is 0 Å². The van der Waals surface area contributed by atoms with E-state index in [2.05, 4.69) is 39.7 Å². The molecule has 1 aromatic heterocycles. The lowest BCUT2D eigenvalue weighted by atomic mass is 9.94. The number of fused-ring (bicyclic) bond motifs is 3. The normalized spacial score (nSPS) is 23.4. The number of amides is 1. The molecule has 2 aliphatic heterocycles. The van der Waals surface area contributed by atoms with E-state index in [1.165, 1.54) is 16.6 Å². The number of H-pyrrole nitrogens is 1. The zero-order valence-corrected chi connectivity index (χ0v) is 16.5. The van der Waals surface area contributed by atoms with Gasteiger partial charge in [0.15, 0.2) is 0 Å². The van der Waals surface area contributed by atoms with Gasteiger partial charge in [-0.25, -0.2) is 4.99 Å². The van der Waals surface area contributed by atoms with Crippen LogP contribution in [0, 0.1) is 0 Å². The van der Waals surface area contributed by atoms with Crippen LogP contribution >= 0.6 is 0 Å². The van der Waals surface area contributed by atoms with Crippen LogP contribution in [0.5, 0.6) is 0 Å². The zero-order valence-electron chi connectivity index (χ0n) is 16.5. The maximum atomic E-state index is 13.1. The molecule has 0 saturated carbocycles. The van der Waals surface area contributed by atoms with E-state index < -0.39 is 0 Å². The van der Waals surface area contributed by atoms with Crippen molar-refractivity contribution in [3.05, 3.63) is 65.4 Å². The number of para-hydroxylation sites is 2. The van der Waals surface area contributed by atoms with E-state index in [1.54, 1.807) is 0 Å². The third kappa shape index (κ3) is 3.19. The first-order chi connectivity index (χ1) is 14.1. The number of benzene rings is 2. The van der Waals surface area contributed by atoms with Crippen molar-refractivity contribution >= 4 is 28.4 Å². The largest absolute Gasteiger partial charge is 0.475 e. The lowest BCUT2D eigenvalue weighted by Crippen LogP contribution is -2.46. The Bertz CT molecular complexity index is 1120. The summed E-state index contributed by atoms with van der Waals surface area (Å²) in [5.41, 5.74) is 5.05. The minimum atomic E-state index is -0.310. The zero-order chi connectivity index (χ0) is 20.0. The number of aliphatic imine (C=N–C) groups is 1. The Morgan fingerprint density at radius 3 is 2.76 bits per heavy atom. The van der Waals surface area contributed by atoms with Gasteiger partial charge in [-0.05, 0) is 44.0 Å². The average molecular weight is 388 g/mol. The van der Waals surface area contributed by atoms with Crippen molar-refractivity contribution in [3.8, 4) is 0 Å². The van der Waals surface area contributed by atoms with Crippen LogP contribution in [0.15, 0.2) is 53.5 Å². The lowest BCUT2D eigenvalue weighted by molar-refractivity contribution is -0.118. The van der Waals surface area contributed by atoms with Crippen LogP contribution in [-0.4, -0.2) is 35.5 Å². The van der Waals surface area contributed by atoms with Crippen molar-refractivity contribution in [1.82, 2.24) is 10.3 Å². The molecule has 3 N–H and O–H groups in total. The highest BCUT2D eigenvalue weighted by Gasteiger charge is 2.31. The molecule has 0 unspecified atom stereocenters. The monoisotopic (exact) mass is 388 g/mol. The number of nitrogens with one attached hydrogen (secondary N) is 3. The smallest absolute Gasteiger partial charge is 0.241 e. The molecular weight excluding hydrogens is 364 g/mol. The fourth-order valence-corrected chi connectivity index (χ4v) is 4.25. The highest BCUT2D eigenvalue weighted by molar-refractivity contribution is 6.05. The first kappa shape index (κ1) is 17.9. The second kappa shape index (κ2) is 7.04.